The predicted molar refractivity (Wildman–Crippen MR) is 122 cm³/mol. The molecule has 1 amide bonds. The molecule has 33 heavy (non-hydrogen) atoms. The minimum atomic E-state index is -4.41. The molecule has 180 valence electrons. The first-order chi connectivity index (χ1) is 15.7. The largest absolute Gasteiger partial charge is 0.416 e. The number of ether oxygens (including phenoxy) is 1. The first kappa shape index (κ1) is 23.8. The Morgan fingerprint density at radius 2 is 2.06 bits per heavy atom. The molecule has 2 N–H and O–H groups in total. The van der Waals surface area contributed by atoms with Crippen molar-refractivity contribution >= 4 is 11.6 Å². The van der Waals surface area contributed by atoms with Gasteiger partial charge in [-0.2, -0.15) is 13.2 Å². The van der Waals surface area contributed by atoms with Crippen LogP contribution >= 0.6 is 0 Å². The molecule has 1 aliphatic carbocycles. The second-order valence-corrected chi connectivity index (χ2v) is 9.46. The Balaban J connectivity index is 1.53. The number of carbonyl (C=O) groups excluding carboxylic acids is 1. The van der Waals surface area contributed by atoms with Gasteiger partial charge in [0.15, 0.2) is 0 Å². The normalized spacial score (nSPS) is 28.7. The molecule has 0 radical (unpaired) electrons. The molecule has 0 spiro atoms. The molecule has 0 bridgehead atoms. The van der Waals surface area contributed by atoms with Crippen LogP contribution in [0.2, 0.25) is 0 Å². The zero-order chi connectivity index (χ0) is 23.6. The van der Waals surface area contributed by atoms with E-state index in [2.05, 4.69) is 22.8 Å². The molecule has 1 aromatic rings. The van der Waals surface area contributed by atoms with Gasteiger partial charge in [-0.3, -0.25) is 4.79 Å². The predicted octanol–water partition coefficient (Wildman–Crippen LogP) is 4.54. The summed E-state index contributed by atoms with van der Waals surface area (Å²) in [5.41, 5.74) is 0.598. The van der Waals surface area contributed by atoms with Crippen LogP contribution < -0.4 is 10.6 Å². The molecule has 2 heterocycles. The lowest BCUT2D eigenvalue weighted by Gasteiger charge is -2.47. The quantitative estimate of drug-likeness (QED) is 0.651. The van der Waals surface area contributed by atoms with Gasteiger partial charge in [-0.15, -0.1) is 0 Å². The van der Waals surface area contributed by atoms with Crippen LogP contribution in [0.25, 0.3) is 0 Å². The van der Waals surface area contributed by atoms with E-state index in [0.29, 0.717) is 30.8 Å². The topological polar surface area (TPSA) is 53.6 Å². The Kier molecular flexibility index (Phi) is 7.14. The number of nitrogens with zero attached hydrogens (tertiary/aromatic N) is 1. The first-order valence-corrected chi connectivity index (χ1v) is 11.6. The smallest absolute Gasteiger partial charge is 0.381 e. The SMILES string of the molecule is CN(C)CCC(=O)NC[C@H]1CC[C@@H]2[C@H](O1)c1cc(C(F)(F)F)ccc1N[C@H]2C1C=CC=CC1. The lowest BCUT2D eigenvalue weighted by atomic mass is 9.73. The summed E-state index contributed by atoms with van der Waals surface area (Å²) in [5, 5.41) is 6.46. The number of fused-ring (bicyclic) bond motifs is 3. The van der Waals surface area contributed by atoms with Crippen molar-refractivity contribution in [1.82, 2.24) is 10.2 Å². The van der Waals surface area contributed by atoms with Gasteiger partial charge in [-0.05, 0) is 51.6 Å². The first-order valence-electron chi connectivity index (χ1n) is 11.6. The number of carbonyl (C=O) groups is 1. The highest BCUT2D eigenvalue weighted by atomic mass is 19.4. The molecule has 1 unspecified atom stereocenters. The van der Waals surface area contributed by atoms with Gasteiger partial charge in [0.1, 0.15) is 0 Å². The Morgan fingerprint density at radius 3 is 2.76 bits per heavy atom. The fraction of sp³-hybridized carbons (Fsp3) is 0.560. The zero-order valence-electron chi connectivity index (χ0n) is 19.1. The Morgan fingerprint density at radius 1 is 1.24 bits per heavy atom. The minimum Gasteiger partial charge on any atom is -0.381 e. The van der Waals surface area contributed by atoms with Crippen LogP contribution in [0.3, 0.4) is 0 Å². The summed E-state index contributed by atoms with van der Waals surface area (Å²) in [6.07, 6.45) is 6.14. The van der Waals surface area contributed by atoms with Crippen molar-refractivity contribution in [3.8, 4) is 0 Å². The molecule has 5 atom stereocenters. The summed E-state index contributed by atoms with van der Waals surface area (Å²) < 4.78 is 46.7. The number of allylic oxidation sites excluding steroid dienone is 3. The van der Waals surface area contributed by atoms with E-state index in [1.165, 1.54) is 12.1 Å². The minimum absolute atomic E-state index is 0.0449. The summed E-state index contributed by atoms with van der Waals surface area (Å²) in [6.45, 7) is 1.03. The van der Waals surface area contributed by atoms with Gasteiger partial charge in [-0.25, -0.2) is 0 Å². The van der Waals surface area contributed by atoms with E-state index < -0.39 is 17.8 Å². The van der Waals surface area contributed by atoms with Crippen molar-refractivity contribution < 1.29 is 22.7 Å². The van der Waals surface area contributed by atoms with E-state index in [9.17, 15) is 18.0 Å². The maximum Gasteiger partial charge on any atom is 0.416 e. The third-order valence-electron chi connectivity index (χ3n) is 6.81. The molecule has 0 saturated carbocycles. The van der Waals surface area contributed by atoms with E-state index in [-0.39, 0.29) is 29.9 Å². The van der Waals surface area contributed by atoms with Gasteiger partial charge < -0.3 is 20.3 Å². The number of benzene rings is 1. The number of hydrogen-bond donors (Lipinski definition) is 2. The molecule has 0 aromatic heterocycles. The maximum atomic E-state index is 13.4. The van der Waals surface area contributed by atoms with E-state index in [1.807, 2.05) is 31.1 Å². The second kappa shape index (κ2) is 9.89. The van der Waals surface area contributed by atoms with E-state index in [0.717, 1.165) is 25.3 Å². The fourth-order valence-corrected chi connectivity index (χ4v) is 5.05. The molecule has 4 rings (SSSR count). The number of nitrogens with one attached hydrogen (secondary N) is 2. The molecular weight excluding hydrogens is 431 g/mol. The summed E-state index contributed by atoms with van der Waals surface area (Å²) in [4.78, 5) is 14.1. The van der Waals surface area contributed by atoms with Crippen LogP contribution in [0.15, 0.2) is 42.5 Å². The summed E-state index contributed by atoms with van der Waals surface area (Å²) >= 11 is 0. The van der Waals surface area contributed by atoms with Crippen LogP contribution in [0.5, 0.6) is 0 Å². The summed E-state index contributed by atoms with van der Waals surface area (Å²) in [6, 6.07) is 3.96. The lowest BCUT2D eigenvalue weighted by Crippen LogP contribution is -2.48. The Labute approximate surface area is 193 Å². The van der Waals surface area contributed by atoms with Gasteiger partial charge >= 0.3 is 6.18 Å². The van der Waals surface area contributed by atoms with Crippen LogP contribution in [0, 0.1) is 11.8 Å². The highest BCUT2D eigenvalue weighted by molar-refractivity contribution is 5.76. The zero-order valence-corrected chi connectivity index (χ0v) is 19.1. The standard InChI is InChI=1S/C25H32F3N3O2/c1-31(2)13-12-22(32)29-15-18-9-10-19-23(16-6-4-3-5-7-16)30-21-11-8-17(25(26,27)28)14-20(21)24(19)33-18/h3-6,8,11,14,16,18-19,23-24,30H,7,9-10,12-13,15H2,1-2H3,(H,29,32)/t16?,18-,19+,23+,24+/m1/s1. The van der Waals surface area contributed by atoms with Crippen LogP contribution in [-0.2, 0) is 15.7 Å². The molecular formula is C25H32F3N3O2. The van der Waals surface area contributed by atoms with Gasteiger partial charge in [0, 0.05) is 48.6 Å². The third-order valence-corrected chi connectivity index (χ3v) is 6.81. The molecule has 1 fully saturated rings. The number of amides is 1. The lowest BCUT2D eigenvalue weighted by molar-refractivity contribution is -0.138. The van der Waals surface area contributed by atoms with E-state index >= 15 is 0 Å². The van der Waals surface area contributed by atoms with Crippen LogP contribution in [0.4, 0.5) is 18.9 Å². The highest BCUT2D eigenvalue weighted by Crippen LogP contribution is 2.49. The van der Waals surface area contributed by atoms with Crippen molar-refractivity contribution in [3.05, 3.63) is 53.6 Å². The van der Waals surface area contributed by atoms with Gasteiger partial charge in [0.05, 0.1) is 17.8 Å². The molecule has 8 heteroatoms. The number of hydrogen-bond acceptors (Lipinski definition) is 4. The van der Waals surface area contributed by atoms with Crippen LogP contribution in [-0.4, -0.2) is 50.1 Å². The summed E-state index contributed by atoms with van der Waals surface area (Å²) in [7, 11) is 3.82. The molecule has 5 nitrogen and oxygen atoms in total. The van der Waals surface area contributed by atoms with Gasteiger partial charge in [-0.1, -0.05) is 24.3 Å². The van der Waals surface area contributed by atoms with Crippen molar-refractivity contribution in [3.63, 3.8) is 0 Å². The monoisotopic (exact) mass is 463 g/mol. The molecule has 3 aliphatic rings. The van der Waals surface area contributed by atoms with Crippen molar-refractivity contribution in [2.24, 2.45) is 11.8 Å². The maximum absolute atomic E-state index is 13.4. The second-order valence-electron chi connectivity index (χ2n) is 9.46. The average Bonchev–Trinajstić information content (AvgIpc) is 2.80. The van der Waals surface area contributed by atoms with E-state index in [4.69, 9.17) is 4.74 Å². The number of alkyl halides is 3. The van der Waals surface area contributed by atoms with Crippen molar-refractivity contribution in [1.29, 1.82) is 0 Å². The third kappa shape index (κ3) is 5.61. The summed E-state index contributed by atoms with van der Waals surface area (Å²) in [5.74, 6) is 0.267. The fourth-order valence-electron chi connectivity index (χ4n) is 5.05. The molecule has 1 aromatic carbocycles. The highest BCUT2D eigenvalue weighted by Gasteiger charge is 2.45. The number of anilines is 1. The molecule has 1 saturated heterocycles. The van der Waals surface area contributed by atoms with Crippen molar-refractivity contribution in [2.45, 2.75) is 50.1 Å². The Hall–Kier alpha value is -2.32. The average molecular weight is 464 g/mol. The number of rotatable bonds is 6. The van der Waals surface area contributed by atoms with Gasteiger partial charge in [0.25, 0.3) is 0 Å². The molecule has 2 aliphatic heterocycles. The van der Waals surface area contributed by atoms with Gasteiger partial charge in [0.2, 0.25) is 5.91 Å². The Bertz CT molecular complexity index is 913. The van der Waals surface area contributed by atoms with Crippen LogP contribution in [0.1, 0.15) is 42.9 Å². The van der Waals surface area contributed by atoms with Crippen molar-refractivity contribution in [2.75, 3.05) is 32.5 Å². The van der Waals surface area contributed by atoms with E-state index in [1.54, 1.807) is 0 Å². The number of halogens is 3.